The Labute approximate surface area is 124 Å². The van der Waals surface area contributed by atoms with Gasteiger partial charge in [-0.2, -0.15) is 0 Å². The SMILES string of the molecule is CCC(N)C1(CC(=O)O)CCCCCCCCCCC1. The first kappa shape index (κ1) is 17.5. The van der Waals surface area contributed by atoms with E-state index in [1.165, 1.54) is 44.9 Å². The second kappa shape index (κ2) is 9.38. The van der Waals surface area contributed by atoms with E-state index in [0.29, 0.717) is 0 Å². The molecular formula is C17H33NO2. The van der Waals surface area contributed by atoms with Crippen molar-refractivity contribution >= 4 is 5.97 Å². The minimum Gasteiger partial charge on any atom is -0.481 e. The molecule has 0 radical (unpaired) electrons. The van der Waals surface area contributed by atoms with Gasteiger partial charge in [0, 0.05) is 6.04 Å². The highest BCUT2D eigenvalue weighted by atomic mass is 16.4. The number of hydrogen-bond donors (Lipinski definition) is 2. The van der Waals surface area contributed by atoms with Crippen LogP contribution in [0.2, 0.25) is 0 Å². The lowest BCUT2D eigenvalue weighted by Crippen LogP contribution is -2.43. The number of nitrogens with two attached hydrogens (primary N) is 1. The lowest BCUT2D eigenvalue weighted by Gasteiger charge is -2.38. The summed E-state index contributed by atoms with van der Waals surface area (Å²) in [6.07, 6.45) is 14.5. The average Bonchev–Trinajstić information content (AvgIpc) is 2.40. The van der Waals surface area contributed by atoms with Crippen LogP contribution in [0.4, 0.5) is 0 Å². The molecule has 1 saturated carbocycles. The normalized spacial score (nSPS) is 23.3. The fourth-order valence-corrected chi connectivity index (χ4v) is 3.73. The first-order valence-electron chi connectivity index (χ1n) is 8.58. The summed E-state index contributed by atoms with van der Waals surface area (Å²) in [5, 5.41) is 9.31. The molecule has 1 aliphatic carbocycles. The first-order chi connectivity index (χ1) is 9.60. The number of rotatable bonds is 4. The number of carboxylic acids is 1. The van der Waals surface area contributed by atoms with Gasteiger partial charge in [0.2, 0.25) is 0 Å². The zero-order valence-electron chi connectivity index (χ0n) is 13.2. The maximum absolute atomic E-state index is 11.3. The third-order valence-corrected chi connectivity index (χ3v) is 5.08. The van der Waals surface area contributed by atoms with Crippen molar-refractivity contribution in [3.8, 4) is 0 Å². The molecule has 0 amide bonds. The van der Waals surface area contributed by atoms with Gasteiger partial charge in [0.05, 0.1) is 6.42 Å². The second-order valence-electron chi connectivity index (χ2n) is 6.63. The first-order valence-corrected chi connectivity index (χ1v) is 8.58. The standard InChI is InChI=1S/C17H33NO2/c1-2-15(18)17(14-16(19)20)12-10-8-6-4-3-5-7-9-11-13-17/h15H,2-14,18H2,1H3,(H,19,20). The van der Waals surface area contributed by atoms with Crippen molar-refractivity contribution in [2.24, 2.45) is 11.1 Å². The molecular weight excluding hydrogens is 250 g/mol. The van der Waals surface area contributed by atoms with E-state index in [0.717, 1.165) is 32.1 Å². The molecule has 20 heavy (non-hydrogen) atoms. The summed E-state index contributed by atoms with van der Waals surface area (Å²) in [4.78, 5) is 11.3. The highest BCUT2D eigenvalue weighted by Crippen LogP contribution is 2.39. The van der Waals surface area contributed by atoms with E-state index in [4.69, 9.17) is 5.73 Å². The van der Waals surface area contributed by atoms with Crippen LogP contribution in [0.5, 0.6) is 0 Å². The van der Waals surface area contributed by atoms with Gasteiger partial charge in [-0.1, -0.05) is 64.7 Å². The van der Waals surface area contributed by atoms with Gasteiger partial charge in [0.15, 0.2) is 0 Å². The van der Waals surface area contributed by atoms with Crippen LogP contribution in [0.1, 0.15) is 90.4 Å². The predicted octanol–water partition coefficient (Wildman–Crippen LogP) is 4.49. The molecule has 1 aliphatic rings. The highest BCUT2D eigenvalue weighted by Gasteiger charge is 2.37. The third-order valence-electron chi connectivity index (χ3n) is 5.08. The molecule has 0 aromatic carbocycles. The fraction of sp³-hybridized carbons (Fsp3) is 0.941. The molecule has 118 valence electrons. The fourth-order valence-electron chi connectivity index (χ4n) is 3.73. The summed E-state index contributed by atoms with van der Waals surface area (Å²) in [5.74, 6) is -0.680. The lowest BCUT2D eigenvalue weighted by molar-refractivity contribution is -0.140. The van der Waals surface area contributed by atoms with Crippen LogP contribution in [-0.2, 0) is 4.79 Å². The van der Waals surface area contributed by atoms with Crippen LogP contribution in [-0.4, -0.2) is 17.1 Å². The van der Waals surface area contributed by atoms with Gasteiger partial charge in [-0.3, -0.25) is 4.79 Å². The van der Waals surface area contributed by atoms with Crippen LogP contribution in [0.25, 0.3) is 0 Å². The van der Waals surface area contributed by atoms with E-state index in [1.807, 2.05) is 0 Å². The second-order valence-corrected chi connectivity index (χ2v) is 6.63. The summed E-state index contributed by atoms with van der Waals surface area (Å²) in [6, 6.07) is 0.0292. The number of aliphatic carboxylic acids is 1. The lowest BCUT2D eigenvalue weighted by atomic mass is 9.69. The molecule has 0 spiro atoms. The Morgan fingerprint density at radius 1 is 1.00 bits per heavy atom. The van der Waals surface area contributed by atoms with E-state index in [9.17, 15) is 9.90 Å². The average molecular weight is 283 g/mol. The third kappa shape index (κ3) is 5.82. The van der Waals surface area contributed by atoms with Gasteiger partial charge in [-0.25, -0.2) is 0 Å². The van der Waals surface area contributed by atoms with Crippen LogP contribution >= 0.6 is 0 Å². The van der Waals surface area contributed by atoms with Gasteiger partial charge in [-0.15, -0.1) is 0 Å². The number of hydrogen-bond acceptors (Lipinski definition) is 2. The van der Waals surface area contributed by atoms with Crippen LogP contribution in [0.3, 0.4) is 0 Å². The van der Waals surface area contributed by atoms with Crippen LogP contribution in [0.15, 0.2) is 0 Å². The Bertz CT molecular complexity index is 266. The Kier molecular flexibility index (Phi) is 8.20. The Hall–Kier alpha value is -0.570. The molecule has 1 rings (SSSR count). The molecule has 0 aromatic rings. The molecule has 0 saturated heterocycles. The van der Waals surface area contributed by atoms with Gasteiger partial charge < -0.3 is 10.8 Å². The molecule has 0 heterocycles. The van der Waals surface area contributed by atoms with Crippen molar-refractivity contribution in [3.63, 3.8) is 0 Å². The largest absolute Gasteiger partial charge is 0.481 e. The van der Waals surface area contributed by atoms with Crippen molar-refractivity contribution in [3.05, 3.63) is 0 Å². The quantitative estimate of drug-likeness (QED) is 0.799. The summed E-state index contributed by atoms with van der Waals surface area (Å²) in [5.41, 5.74) is 6.18. The van der Waals surface area contributed by atoms with Crippen LogP contribution < -0.4 is 5.73 Å². The van der Waals surface area contributed by atoms with Gasteiger partial charge >= 0.3 is 5.97 Å². The van der Waals surface area contributed by atoms with Crippen molar-refractivity contribution in [1.29, 1.82) is 0 Å². The summed E-state index contributed by atoms with van der Waals surface area (Å²) in [7, 11) is 0. The molecule has 3 nitrogen and oxygen atoms in total. The molecule has 1 atom stereocenters. The Morgan fingerprint density at radius 2 is 1.40 bits per heavy atom. The maximum atomic E-state index is 11.3. The molecule has 3 heteroatoms. The highest BCUT2D eigenvalue weighted by molar-refractivity contribution is 5.67. The summed E-state index contributed by atoms with van der Waals surface area (Å²) >= 11 is 0. The van der Waals surface area contributed by atoms with Crippen molar-refractivity contribution in [2.75, 3.05) is 0 Å². The summed E-state index contributed by atoms with van der Waals surface area (Å²) < 4.78 is 0. The number of carbonyl (C=O) groups is 1. The molecule has 0 aliphatic heterocycles. The molecule has 1 unspecified atom stereocenters. The smallest absolute Gasteiger partial charge is 0.303 e. The molecule has 0 bridgehead atoms. The Morgan fingerprint density at radius 3 is 1.75 bits per heavy atom. The zero-order valence-corrected chi connectivity index (χ0v) is 13.2. The van der Waals surface area contributed by atoms with E-state index < -0.39 is 5.97 Å². The van der Waals surface area contributed by atoms with E-state index >= 15 is 0 Å². The minimum absolute atomic E-state index is 0.0292. The molecule has 0 aromatic heterocycles. The predicted molar refractivity (Wildman–Crippen MR) is 83.7 cm³/mol. The minimum atomic E-state index is -0.680. The van der Waals surface area contributed by atoms with E-state index in [1.54, 1.807) is 0 Å². The summed E-state index contributed by atoms with van der Waals surface area (Å²) in [6.45, 7) is 2.09. The monoisotopic (exact) mass is 283 g/mol. The van der Waals surface area contributed by atoms with Gasteiger partial charge in [-0.05, 0) is 24.7 Å². The zero-order chi connectivity index (χ0) is 14.8. The van der Waals surface area contributed by atoms with Crippen molar-refractivity contribution in [2.45, 2.75) is 96.4 Å². The van der Waals surface area contributed by atoms with Crippen molar-refractivity contribution < 1.29 is 9.90 Å². The van der Waals surface area contributed by atoms with Gasteiger partial charge in [0.25, 0.3) is 0 Å². The topological polar surface area (TPSA) is 63.3 Å². The molecule has 1 fully saturated rings. The number of carboxylic acid groups (broad SMARTS) is 1. The van der Waals surface area contributed by atoms with Gasteiger partial charge in [0.1, 0.15) is 0 Å². The van der Waals surface area contributed by atoms with Crippen LogP contribution in [0, 0.1) is 5.41 Å². The molecule has 3 N–H and O–H groups in total. The van der Waals surface area contributed by atoms with Crippen molar-refractivity contribution in [1.82, 2.24) is 0 Å². The van der Waals surface area contributed by atoms with E-state index in [-0.39, 0.29) is 17.9 Å². The Balaban J connectivity index is 2.73. The van der Waals surface area contributed by atoms with E-state index in [2.05, 4.69) is 6.92 Å². The maximum Gasteiger partial charge on any atom is 0.303 e.